The Morgan fingerprint density at radius 2 is 0.551 bits per heavy atom. The zero-order valence-corrected chi connectivity index (χ0v) is 31.8. The fourth-order valence-electron chi connectivity index (χ4n) is 5.68. The molecule has 2 amide bonds. The minimum Gasteiger partial charge on any atom is -0.478 e. The first-order valence-corrected chi connectivity index (χ1v) is 15.8. The molecule has 0 saturated heterocycles. The Kier molecular flexibility index (Phi) is 15.4. The molecule has 69 heavy (non-hydrogen) atoms. The van der Waals surface area contributed by atoms with Crippen LogP contribution in [0.1, 0.15) is 52.6 Å². The molecule has 0 aliphatic rings. The third-order valence-electron chi connectivity index (χ3n) is 9.21. The van der Waals surface area contributed by atoms with E-state index in [0.29, 0.717) is 0 Å². The van der Waals surface area contributed by atoms with Crippen molar-refractivity contribution in [2.24, 2.45) is 11.5 Å². The number of fused-ring (bicyclic) bond motifs is 1. The van der Waals surface area contributed by atoms with E-state index in [2.05, 4.69) is 0 Å². The van der Waals surface area contributed by atoms with E-state index < -0.39 is 164 Å². The van der Waals surface area contributed by atoms with Crippen LogP contribution in [0.5, 0.6) is 0 Å². The SMILES string of the molecule is NC(=O)c1c(CC(F)(F)C(F)(F)C(F)(F)C(F)(F)C(F)(F)C(F)(F)C(F)(F)F)c(CC(F)(F)C(F)(F)C(F)(F)C(F)(F)C(F)(F)C(F)(F)C(F)(F)F)c(C(N)=O)c2c(C(=O)O)ccc(C(=O)O)c12.[Cu+2]. The second kappa shape index (κ2) is 17.1. The van der Waals surface area contributed by atoms with E-state index in [1.165, 1.54) is 0 Å². The average molecular weight is 1130 g/mol. The number of amides is 2. The molecule has 0 aliphatic heterocycles. The first-order chi connectivity index (χ1) is 29.5. The number of carbonyl (C=O) groups excluding carboxylic acids is 2. The molecular weight excluding hydrogens is 1120 g/mol. The number of carboxylic acid groups (broad SMARTS) is 2. The Hall–Kier alpha value is -5.00. The molecule has 0 bridgehead atoms. The second-order valence-electron chi connectivity index (χ2n) is 13.5. The van der Waals surface area contributed by atoms with E-state index in [1.807, 2.05) is 0 Å². The minimum atomic E-state index is -9.24. The zero-order chi connectivity index (χ0) is 54.8. The van der Waals surface area contributed by atoms with Gasteiger partial charge in [-0.05, 0) is 23.3 Å². The van der Waals surface area contributed by atoms with Gasteiger partial charge in [-0.15, -0.1) is 0 Å². The summed E-state index contributed by atoms with van der Waals surface area (Å²) in [6.45, 7) is 0. The summed E-state index contributed by atoms with van der Waals surface area (Å²) < 4.78 is 422. The van der Waals surface area contributed by atoms with Crippen molar-refractivity contribution in [3.8, 4) is 0 Å². The largest absolute Gasteiger partial charge is 2.00 e. The number of carbonyl (C=O) groups is 4. The van der Waals surface area contributed by atoms with Gasteiger partial charge in [-0.2, -0.15) is 132 Å². The molecular formula is C30H12CuF30N2O6+2. The molecule has 0 aliphatic carbocycles. The number of aromatic carboxylic acids is 2. The van der Waals surface area contributed by atoms with Gasteiger partial charge in [0.2, 0.25) is 11.8 Å². The van der Waals surface area contributed by atoms with E-state index in [4.69, 9.17) is 11.5 Å². The summed E-state index contributed by atoms with van der Waals surface area (Å²) >= 11 is 0. The number of nitrogens with two attached hydrogens (primary N) is 2. The first-order valence-electron chi connectivity index (χ1n) is 15.8. The van der Waals surface area contributed by atoms with Gasteiger partial charge in [0.05, 0.1) is 22.3 Å². The van der Waals surface area contributed by atoms with Crippen molar-refractivity contribution in [3.63, 3.8) is 0 Å². The van der Waals surface area contributed by atoms with Crippen LogP contribution < -0.4 is 11.5 Å². The Labute approximate surface area is 366 Å². The minimum absolute atomic E-state index is 0. The third-order valence-corrected chi connectivity index (χ3v) is 9.21. The molecule has 0 fully saturated rings. The number of benzene rings is 2. The van der Waals surface area contributed by atoms with Crippen LogP contribution in [-0.2, 0) is 29.9 Å². The molecule has 2 rings (SSSR count). The van der Waals surface area contributed by atoms with Crippen LogP contribution in [0.2, 0.25) is 0 Å². The van der Waals surface area contributed by atoms with Gasteiger partial charge in [-0.3, -0.25) is 9.59 Å². The van der Waals surface area contributed by atoms with Crippen molar-refractivity contribution >= 4 is 34.5 Å². The average Bonchev–Trinajstić information content (AvgIpc) is 3.11. The van der Waals surface area contributed by atoms with Gasteiger partial charge in [0.15, 0.2) is 0 Å². The number of rotatable bonds is 18. The standard InChI is InChI=1S/C30H12F30N2O6.Cu/c31-17(32,19(35,36)21(39,40)23(43,44)25(47,48)27(51,52)29(55,56)57)3-7-8(12(14(62)64)10-6(16(67)68)2-1-5(15(65)66)9(10)11(7)13(61)63)4-18(33,34)20(37,38)22(41,42)24(45,46)26(49,50)28(53,54)30(58,59)60;/h1-2H,3-4H2,(H2,61,63)(H2,62,64)(H,65,66)(H,67,68);/q;+2. The maximum Gasteiger partial charge on any atom is 2.00 e. The van der Waals surface area contributed by atoms with Crippen LogP contribution in [0, 0.1) is 0 Å². The van der Waals surface area contributed by atoms with E-state index in [0.717, 1.165) is 0 Å². The molecule has 8 nitrogen and oxygen atoms in total. The van der Waals surface area contributed by atoms with Crippen molar-refractivity contribution in [3.05, 3.63) is 45.5 Å². The Morgan fingerprint density at radius 3 is 0.725 bits per heavy atom. The van der Waals surface area contributed by atoms with Crippen LogP contribution >= 0.6 is 0 Å². The van der Waals surface area contributed by atoms with Crippen LogP contribution in [0.15, 0.2) is 12.1 Å². The summed E-state index contributed by atoms with van der Waals surface area (Å²) in [5.41, 5.74) is -7.94. The Balaban J connectivity index is 0.0000238. The predicted molar refractivity (Wildman–Crippen MR) is 154 cm³/mol. The van der Waals surface area contributed by atoms with Gasteiger partial charge in [-0.1, -0.05) is 0 Å². The smallest absolute Gasteiger partial charge is 0.478 e. The summed E-state index contributed by atoms with van der Waals surface area (Å²) in [5, 5.41) is 14.3. The predicted octanol–water partition coefficient (Wildman–Crippen LogP) is 10.3. The van der Waals surface area contributed by atoms with Crippen LogP contribution in [0.3, 0.4) is 0 Å². The van der Waals surface area contributed by atoms with Gasteiger partial charge < -0.3 is 21.7 Å². The molecule has 0 saturated carbocycles. The number of alkyl halides is 30. The fraction of sp³-hybridized carbons (Fsp3) is 0.533. The molecule has 2 aromatic rings. The van der Waals surface area contributed by atoms with E-state index in [1.54, 1.807) is 0 Å². The molecule has 0 spiro atoms. The van der Waals surface area contributed by atoms with Gasteiger partial charge in [0, 0.05) is 23.6 Å². The molecule has 0 aromatic heterocycles. The molecule has 1 radical (unpaired) electrons. The summed E-state index contributed by atoms with van der Waals surface area (Å²) in [4.78, 5) is 49.4. The zero-order valence-electron chi connectivity index (χ0n) is 30.9. The number of hydrogen-bond acceptors (Lipinski definition) is 4. The quantitative estimate of drug-likeness (QED) is 0.0859. The van der Waals surface area contributed by atoms with Crippen molar-refractivity contribution in [2.45, 2.75) is 96.3 Å². The van der Waals surface area contributed by atoms with Gasteiger partial charge >= 0.3 is 112 Å². The summed E-state index contributed by atoms with van der Waals surface area (Å²) in [6.07, 6.45) is -25.7. The fourth-order valence-corrected chi connectivity index (χ4v) is 5.68. The van der Waals surface area contributed by atoms with Crippen molar-refractivity contribution in [1.29, 1.82) is 0 Å². The molecule has 6 N–H and O–H groups in total. The molecule has 2 aromatic carbocycles. The molecule has 397 valence electrons. The molecule has 0 heterocycles. The monoisotopic (exact) mass is 1130 g/mol. The van der Waals surface area contributed by atoms with Crippen LogP contribution in [0.4, 0.5) is 132 Å². The van der Waals surface area contributed by atoms with Crippen molar-refractivity contribution < 1.29 is 178 Å². The summed E-state index contributed by atoms with van der Waals surface area (Å²) in [5.74, 6) is -118. The van der Waals surface area contributed by atoms with Crippen LogP contribution in [0.25, 0.3) is 10.8 Å². The van der Waals surface area contributed by atoms with Crippen molar-refractivity contribution in [2.75, 3.05) is 0 Å². The molecule has 0 atom stereocenters. The topological polar surface area (TPSA) is 161 Å². The van der Waals surface area contributed by atoms with Crippen LogP contribution in [-0.4, -0.2) is 117 Å². The first kappa shape index (κ1) is 62.0. The summed E-state index contributed by atoms with van der Waals surface area (Å²) in [7, 11) is 0. The van der Waals surface area contributed by atoms with Crippen molar-refractivity contribution in [1.82, 2.24) is 0 Å². The van der Waals surface area contributed by atoms with E-state index in [-0.39, 0.29) is 29.2 Å². The van der Waals surface area contributed by atoms with Gasteiger partial charge in [0.1, 0.15) is 0 Å². The van der Waals surface area contributed by atoms with E-state index >= 15 is 35.1 Å². The number of carboxylic acids is 2. The molecule has 0 unspecified atom stereocenters. The van der Waals surface area contributed by atoms with E-state index in [9.17, 15) is 126 Å². The second-order valence-corrected chi connectivity index (χ2v) is 13.5. The third kappa shape index (κ3) is 8.51. The van der Waals surface area contributed by atoms with Gasteiger partial charge in [-0.25, -0.2) is 9.59 Å². The number of primary amides is 2. The Morgan fingerprint density at radius 1 is 0.362 bits per heavy atom. The molecule has 39 heteroatoms. The normalized spacial score (nSPS) is 15.0. The number of halogens is 30. The Bertz CT molecular complexity index is 2230. The maximum absolute atomic E-state index is 15.5. The summed E-state index contributed by atoms with van der Waals surface area (Å²) in [6, 6.07) is -0.553. The van der Waals surface area contributed by atoms with Gasteiger partial charge in [0.25, 0.3) is 0 Å². The maximum atomic E-state index is 15.5. The number of hydrogen-bond donors (Lipinski definition) is 4.